The predicted octanol–water partition coefficient (Wildman–Crippen LogP) is 3.89. The average molecular weight is 466 g/mol. The highest BCUT2D eigenvalue weighted by Gasteiger charge is 2.07. The molecule has 0 fully saturated rings. The van der Waals surface area contributed by atoms with Crippen molar-refractivity contribution < 1.29 is 0 Å². The van der Waals surface area contributed by atoms with Crippen LogP contribution in [0.2, 0.25) is 0 Å². The van der Waals surface area contributed by atoms with Crippen LogP contribution in [0.5, 0.6) is 0 Å². The monoisotopic (exact) mass is 466 g/mol. The quantitative estimate of drug-likeness (QED) is 0.238. The van der Waals surface area contributed by atoms with E-state index in [4.69, 9.17) is 0 Å². The second-order valence-electron chi connectivity index (χ2n) is 5.99. The maximum Gasteiger partial charge on any atom is 0.191 e. The molecule has 0 amide bonds. The van der Waals surface area contributed by atoms with Crippen LogP contribution in [0.1, 0.15) is 43.4 Å². The number of unbranched alkanes of at least 4 members (excludes halogenated alkanes) is 1. The molecule has 24 heavy (non-hydrogen) atoms. The Hall–Kier alpha value is -0.340. The maximum absolute atomic E-state index is 4.33. The molecule has 0 bridgehead atoms. The van der Waals surface area contributed by atoms with Gasteiger partial charge < -0.3 is 15.5 Å². The molecule has 2 N–H and O–H groups in total. The average Bonchev–Trinajstić information content (AvgIpc) is 2.94. The van der Waals surface area contributed by atoms with Gasteiger partial charge in [-0.3, -0.25) is 4.99 Å². The van der Waals surface area contributed by atoms with Crippen LogP contribution in [0.15, 0.2) is 17.1 Å². The summed E-state index contributed by atoms with van der Waals surface area (Å²) in [5.74, 6) is 0.911. The van der Waals surface area contributed by atoms with Crippen molar-refractivity contribution in [2.45, 2.75) is 53.0 Å². The van der Waals surface area contributed by atoms with Crippen molar-refractivity contribution in [3.05, 3.63) is 21.9 Å². The molecule has 1 heterocycles. The summed E-state index contributed by atoms with van der Waals surface area (Å²) in [4.78, 5) is 9.60. The Labute approximate surface area is 169 Å². The zero-order valence-electron chi connectivity index (χ0n) is 15.9. The molecule has 0 aliphatic rings. The molecule has 1 aromatic heterocycles. The summed E-state index contributed by atoms with van der Waals surface area (Å²) >= 11 is 1.88. The normalized spacial score (nSPS) is 12.8. The van der Waals surface area contributed by atoms with Crippen molar-refractivity contribution in [2.75, 3.05) is 33.2 Å². The van der Waals surface area contributed by atoms with E-state index in [0.717, 1.165) is 32.0 Å². The molecule has 0 saturated carbocycles. The molecule has 0 aliphatic heterocycles. The Bertz CT molecular complexity index is 458. The molecule has 1 atom stereocenters. The van der Waals surface area contributed by atoms with Crippen LogP contribution < -0.4 is 10.6 Å². The first-order valence-electron chi connectivity index (χ1n) is 8.83. The number of halogens is 1. The lowest BCUT2D eigenvalue weighted by Gasteiger charge is -2.19. The lowest BCUT2D eigenvalue weighted by atomic mass is 10.2. The van der Waals surface area contributed by atoms with Gasteiger partial charge in [0.15, 0.2) is 5.96 Å². The minimum absolute atomic E-state index is 0. The number of rotatable bonds is 10. The van der Waals surface area contributed by atoms with Gasteiger partial charge >= 0.3 is 0 Å². The van der Waals surface area contributed by atoms with Crippen LogP contribution in [0, 0.1) is 6.92 Å². The minimum Gasteiger partial charge on any atom is -0.356 e. The van der Waals surface area contributed by atoms with Crippen molar-refractivity contribution in [3.63, 3.8) is 0 Å². The number of thiophene rings is 1. The summed E-state index contributed by atoms with van der Waals surface area (Å²) in [6.45, 7) is 13.3. The summed E-state index contributed by atoms with van der Waals surface area (Å²) in [5, 5.41) is 6.91. The summed E-state index contributed by atoms with van der Waals surface area (Å²) in [6.07, 6.45) is 3.45. The van der Waals surface area contributed by atoms with Gasteiger partial charge in [-0.2, -0.15) is 0 Å². The zero-order valence-corrected chi connectivity index (χ0v) is 19.0. The molecule has 0 aliphatic carbocycles. The zero-order chi connectivity index (χ0) is 17.1. The SMILES string of the molecule is CCN(CC)CCCCNC(=NC)NC(C)Cc1ccc(C)s1.I. The van der Waals surface area contributed by atoms with E-state index in [2.05, 4.69) is 60.4 Å². The molecule has 1 aromatic rings. The van der Waals surface area contributed by atoms with E-state index >= 15 is 0 Å². The summed E-state index contributed by atoms with van der Waals surface area (Å²) < 4.78 is 0. The van der Waals surface area contributed by atoms with E-state index in [1.54, 1.807) is 0 Å². The van der Waals surface area contributed by atoms with Gasteiger partial charge in [0.1, 0.15) is 0 Å². The standard InChI is InChI=1S/C18H34N4S.HI/c1-6-22(7-2)13-9-8-12-20-18(19-5)21-15(3)14-17-11-10-16(4)23-17;/h10-11,15H,6-9,12-14H2,1-5H3,(H2,19,20,21);1H. The minimum atomic E-state index is 0. The number of nitrogens with zero attached hydrogens (tertiary/aromatic N) is 2. The topological polar surface area (TPSA) is 39.7 Å². The van der Waals surface area contributed by atoms with Crippen molar-refractivity contribution >= 4 is 41.3 Å². The molecule has 0 spiro atoms. The molecule has 0 aromatic carbocycles. The molecule has 1 rings (SSSR count). The van der Waals surface area contributed by atoms with E-state index in [-0.39, 0.29) is 24.0 Å². The van der Waals surface area contributed by atoms with Crippen molar-refractivity contribution in [3.8, 4) is 0 Å². The van der Waals surface area contributed by atoms with E-state index in [0.29, 0.717) is 6.04 Å². The third kappa shape index (κ3) is 9.84. The third-order valence-corrected chi connectivity index (χ3v) is 5.02. The maximum atomic E-state index is 4.33. The van der Waals surface area contributed by atoms with Gasteiger partial charge in [-0.25, -0.2) is 0 Å². The highest BCUT2D eigenvalue weighted by atomic mass is 127. The van der Waals surface area contributed by atoms with Crippen molar-refractivity contribution in [1.82, 2.24) is 15.5 Å². The van der Waals surface area contributed by atoms with Crippen molar-refractivity contribution in [2.24, 2.45) is 4.99 Å². The first kappa shape index (κ1) is 23.7. The second kappa shape index (κ2) is 13.9. The van der Waals surface area contributed by atoms with Gasteiger partial charge in [0.05, 0.1) is 0 Å². The molecule has 6 heteroatoms. The van der Waals surface area contributed by atoms with E-state index < -0.39 is 0 Å². The fourth-order valence-corrected chi connectivity index (χ4v) is 3.60. The van der Waals surface area contributed by atoms with Crippen molar-refractivity contribution in [1.29, 1.82) is 0 Å². The number of nitrogens with one attached hydrogen (secondary N) is 2. The van der Waals surface area contributed by atoms with Crippen LogP contribution in [0.25, 0.3) is 0 Å². The third-order valence-electron chi connectivity index (χ3n) is 4.00. The Morgan fingerprint density at radius 3 is 2.50 bits per heavy atom. The summed E-state index contributed by atoms with van der Waals surface area (Å²) in [7, 11) is 1.84. The second-order valence-corrected chi connectivity index (χ2v) is 7.37. The molecular formula is C18H35IN4S. The van der Waals surface area contributed by atoms with Gasteiger partial charge in [0.2, 0.25) is 0 Å². The smallest absolute Gasteiger partial charge is 0.191 e. The Balaban J connectivity index is 0.00000529. The fraction of sp³-hybridized carbons (Fsp3) is 0.722. The highest BCUT2D eigenvalue weighted by molar-refractivity contribution is 14.0. The Morgan fingerprint density at radius 2 is 1.96 bits per heavy atom. The van der Waals surface area contributed by atoms with Gasteiger partial charge in [-0.1, -0.05) is 13.8 Å². The molecule has 140 valence electrons. The number of aryl methyl sites for hydroxylation is 1. The van der Waals surface area contributed by atoms with Crippen LogP contribution in [-0.2, 0) is 6.42 Å². The number of aliphatic imine (C=N–C) groups is 1. The van der Waals surface area contributed by atoms with E-state index in [1.165, 1.54) is 29.1 Å². The van der Waals surface area contributed by atoms with Gasteiger partial charge in [0, 0.05) is 35.8 Å². The first-order chi connectivity index (χ1) is 11.1. The van der Waals surface area contributed by atoms with Crippen LogP contribution in [0.3, 0.4) is 0 Å². The van der Waals surface area contributed by atoms with E-state index in [1.807, 2.05) is 18.4 Å². The number of guanidine groups is 1. The molecule has 1 unspecified atom stereocenters. The molecule has 0 radical (unpaired) electrons. The number of hydrogen-bond acceptors (Lipinski definition) is 3. The van der Waals surface area contributed by atoms with Crippen LogP contribution >= 0.6 is 35.3 Å². The van der Waals surface area contributed by atoms with Crippen LogP contribution in [0.4, 0.5) is 0 Å². The lowest BCUT2D eigenvalue weighted by Crippen LogP contribution is -2.43. The molecule has 4 nitrogen and oxygen atoms in total. The van der Waals surface area contributed by atoms with Gasteiger partial charge in [-0.05, 0) is 58.5 Å². The van der Waals surface area contributed by atoms with Gasteiger partial charge in [-0.15, -0.1) is 35.3 Å². The van der Waals surface area contributed by atoms with Gasteiger partial charge in [0.25, 0.3) is 0 Å². The lowest BCUT2D eigenvalue weighted by molar-refractivity contribution is 0.297. The molecule has 0 saturated heterocycles. The highest BCUT2D eigenvalue weighted by Crippen LogP contribution is 2.16. The first-order valence-corrected chi connectivity index (χ1v) is 9.65. The van der Waals surface area contributed by atoms with E-state index in [9.17, 15) is 0 Å². The Morgan fingerprint density at radius 1 is 1.25 bits per heavy atom. The predicted molar refractivity (Wildman–Crippen MR) is 119 cm³/mol. The fourth-order valence-electron chi connectivity index (χ4n) is 2.58. The number of hydrogen-bond donors (Lipinski definition) is 2. The molecular weight excluding hydrogens is 431 g/mol. The summed E-state index contributed by atoms with van der Waals surface area (Å²) in [6, 6.07) is 4.80. The summed E-state index contributed by atoms with van der Waals surface area (Å²) in [5.41, 5.74) is 0. The largest absolute Gasteiger partial charge is 0.356 e. The van der Waals surface area contributed by atoms with Crippen LogP contribution in [-0.4, -0.2) is 50.1 Å². The Kier molecular flexibility index (Phi) is 13.7.